The van der Waals surface area contributed by atoms with Gasteiger partial charge in [0.25, 0.3) is 0 Å². The van der Waals surface area contributed by atoms with Crippen LogP contribution in [0.3, 0.4) is 0 Å². The smallest absolute Gasteiger partial charge is 0.408 e. The van der Waals surface area contributed by atoms with Crippen LogP contribution in [-0.2, 0) is 26.4 Å². The fourth-order valence-electron chi connectivity index (χ4n) is 1.96. The second kappa shape index (κ2) is 5.86. The molecule has 0 aliphatic heterocycles. The standard InChI is InChI=1S/C12H16N2O6S2/c1-3-14-10-5-4-9(8-11(10)20-12(14)15)22(18,19)13-6-7-21(2,16)17/h4-5,8,13H,3,6-7H2,1-2H3. The van der Waals surface area contributed by atoms with Crippen LogP contribution in [0.5, 0.6) is 0 Å². The zero-order chi connectivity index (χ0) is 16.5. The molecular weight excluding hydrogens is 332 g/mol. The molecule has 1 aromatic heterocycles. The summed E-state index contributed by atoms with van der Waals surface area (Å²) in [5.74, 6) is -0.854. The molecule has 1 aromatic carbocycles. The molecule has 8 nitrogen and oxygen atoms in total. The van der Waals surface area contributed by atoms with Gasteiger partial charge in [-0.3, -0.25) is 4.57 Å². The van der Waals surface area contributed by atoms with Crippen LogP contribution in [-0.4, -0.2) is 40.0 Å². The largest absolute Gasteiger partial charge is 0.419 e. The molecule has 122 valence electrons. The Balaban J connectivity index is 2.32. The van der Waals surface area contributed by atoms with Crippen LogP contribution in [0.2, 0.25) is 0 Å². The lowest BCUT2D eigenvalue weighted by atomic mass is 10.3. The number of aromatic nitrogens is 1. The molecule has 1 N–H and O–H groups in total. The summed E-state index contributed by atoms with van der Waals surface area (Å²) in [6, 6.07) is 4.06. The highest BCUT2D eigenvalue weighted by molar-refractivity contribution is 7.91. The molecule has 0 saturated heterocycles. The molecule has 0 saturated carbocycles. The lowest BCUT2D eigenvalue weighted by Gasteiger charge is -2.06. The normalized spacial score (nSPS) is 12.8. The molecule has 0 amide bonds. The summed E-state index contributed by atoms with van der Waals surface area (Å²) in [4.78, 5) is 11.5. The SMILES string of the molecule is CCn1c(=O)oc2cc(S(=O)(=O)NCCS(C)(=O)=O)ccc21. The summed E-state index contributed by atoms with van der Waals surface area (Å²) in [6.07, 6.45) is 1.02. The lowest BCUT2D eigenvalue weighted by Crippen LogP contribution is -2.28. The molecular formula is C12H16N2O6S2. The molecule has 2 rings (SSSR count). The zero-order valence-corrected chi connectivity index (χ0v) is 13.7. The van der Waals surface area contributed by atoms with Crippen molar-refractivity contribution in [1.29, 1.82) is 0 Å². The van der Waals surface area contributed by atoms with Crippen molar-refractivity contribution in [2.45, 2.75) is 18.4 Å². The number of nitrogens with zero attached hydrogens (tertiary/aromatic N) is 1. The zero-order valence-electron chi connectivity index (χ0n) is 12.1. The molecule has 22 heavy (non-hydrogen) atoms. The molecule has 0 atom stereocenters. The van der Waals surface area contributed by atoms with Gasteiger partial charge in [-0.25, -0.2) is 26.4 Å². The van der Waals surface area contributed by atoms with E-state index >= 15 is 0 Å². The van der Waals surface area contributed by atoms with Crippen molar-refractivity contribution in [2.24, 2.45) is 0 Å². The number of hydrogen-bond donors (Lipinski definition) is 1. The third-order valence-corrected chi connectivity index (χ3v) is 5.44. The van der Waals surface area contributed by atoms with Crippen molar-refractivity contribution in [3.8, 4) is 0 Å². The predicted molar refractivity (Wildman–Crippen MR) is 81.0 cm³/mol. The second-order valence-corrected chi connectivity index (χ2v) is 8.80. The maximum atomic E-state index is 12.1. The molecule has 10 heteroatoms. The molecule has 2 aromatic rings. The van der Waals surface area contributed by atoms with Gasteiger partial charge >= 0.3 is 5.76 Å². The summed E-state index contributed by atoms with van der Waals surface area (Å²) in [5.41, 5.74) is 0.667. The fourth-order valence-corrected chi connectivity index (χ4v) is 3.61. The molecule has 0 aliphatic rings. The van der Waals surface area contributed by atoms with Crippen LogP contribution in [0.4, 0.5) is 0 Å². The molecule has 0 aliphatic carbocycles. The van der Waals surface area contributed by atoms with Gasteiger partial charge in [-0.05, 0) is 19.1 Å². The van der Waals surface area contributed by atoms with Crippen molar-refractivity contribution in [2.75, 3.05) is 18.6 Å². The number of oxazole rings is 1. The Hall–Kier alpha value is -1.65. The lowest BCUT2D eigenvalue weighted by molar-refractivity contribution is 0.512. The predicted octanol–water partition coefficient (Wildman–Crippen LogP) is -0.0627. The van der Waals surface area contributed by atoms with E-state index in [1.807, 2.05) is 0 Å². The van der Waals surface area contributed by atoms with Gasteiger partial charge in [0.2, 0.25) is 10.0 Å². The molecule has 0 fully saturated rings. The van der Waals surface area contributed by atoms with Gasteiger partial charge in [-0.15, -0.1) is 0 Å². The van der Waals surface area contributed by atoms with Crippen LogP contribution in [0, 0.1) is 0 Å². The highest BCUT2D eigenvalue weighted by Crippen LogP contribution is 2.18. The maximum Gasteiger partial charge on any atom is 0.419 e. The van der Waals surface area contributed by atoms with E-state index in [-0.39, 0.29) is 22.8 Å². The van der Waals surface area contributed by atoms with E-state index in [9.17, 15) is 21.6 Å². The number of aryl methyl sites for hydroxylation is 1. The third-order valence-electron chi connectivity index (χ3n) is 3.03. The average Bonchev–Trinajstić information content (AvgIpc) is 2.70. The van der Waals surface area contributed by atoms with Crippen molar-refractivity contribution in [3.05, 3.63) is 28.7 Å². The van der Waals surface area contributed by atoms with E-state index in [0.717, 1.165) is 6.26 Å². The third kappa shape index (κ3) is 3.57. The van der Waals surface area contributed by atoms with Gasteiger partial charge < -0.3 is 4.42 Å². The topological polar surface area (TPSA) is 115 Å². The first-order valence-corrected chi connectivity index (χ1v) is 9.99. The van der Waals surface area contributed by atoms with Crippen molar-refractivity contribution < 1.29 is 21.3 Å². The molecule has 0 spiro atoms. The Kier molecular flexibility index (Phi) is 4.45. The first kappa shape index (κ1) is 16.7. The van der Waals surface area contributed by atoms with E-state index in [1.165, 1.54) is 22.8 Å². The summed E-state index contributed by atoms with van der Waals surface area (Å²) in [7, 11) is -7.13. The number of benzene rings is 1. The first-order valence-electron chi connectivity index (χ1n) is 6.45. The minimum Gasteiger partial charge on any atom is -0.408 e. The van der Waals surface area contributed by atoms with Gasteiger partial charge in [0, 0.05) is 25.4 Å². The Morgan fingerprint density at radius 2 is 1.91 bits per heavy atom. The molecule has 1 heterocycles. The van der Waals surface area contributed by atoms with E-state index in [4.69, 9.17) is 4.42 Å². The monoisotopic (exact) mass is 348 g/mol. The van der Waals surface area contributed by atoms with E-state index in [0.29, 0.717) is 12.1 Å². The van der Waals surface area contributed by atoms with Gasteiger partial charge in [-0.2, -0.15) is 0 Å². The number of hydrogen-bond acceptors (Lipinski definition) is 6. The van der Waals surface area contributed by atoms with Gasteiger partial charge in [0.1, 0.15) is 9.84 Å². The highest BCUT2D eigenvalue weighted by Gasteiger charge is 2.17. The molecule has 0 radical (unpaired) electrons. The molecule has 0 unspecified atom stereocenters. The van der Waals surface area contributed by atoms with E-state index in [1.54, 1.807) is 6.92 Å². The molecule has 0 bridgehead atoms. The van der Waals surface area contributed by atoms with Gasteiger partial charge in [-0.1, -0.05) is 0 Å². The van der Waals surface area contributed by atoms with E-state index < -0.39 is 25.6 Å². The van der Waals surface area contributed by atoms with Gasteiger partial charge in [0.15, 0.2) is 5.58 Å². The highest BCUT2D eigenvalue weighted by atomic mass is 32.2. The van der Waals surface area contributed by atoms with E-state index in [2.05, 4.69) is 4.72 Å². The van der Waals surface area contributed by atoms with Crippen molar-refractivity contribution in [3.63, 3.8) is 0 Å². The Bertz CT molecular complexity index is 953. The van der Waals surface area contributed by atoms with Crippen LogP contribution in [0.15, 0.2) is 32.3 Å². The Morgan fingerprint density at radius 3 is 2.50 bits per heavy atom. The van der Waals surface area contributed by atoms with Crippen LogP contribution < -0.4 is 10.5 Å². The quantitative estimate of drug-likeness (QED) is 0.782. The number of fused-ring (bicyclic) bond motifs is 1. The average molecular weight is 348 g/mol. The van der Waals surface area contributed by atoms with Crippen molar-refractivity contribution >= 4 is 31.0 Å². The maximum absolute atomic E-state index is 12.1. The summed E-state index contributed by atoms with van der Waals surface area (Å²) < 4.78 is 54.8. The minimum atomic E-state index is -3.87. The summed E-state index contributed by atoms with van der Waals surface area (Å²) >= 11 is 0. The fraction of sp³-hybridized carbons (Fsp3) is 0.417. The summed E-state index contributed by atoms with van der Waals surface area (Å²) in [5, 5.41) is 0. The number of sulfonamides is 1. The van der Waals surface area contributed by atoms with Crippen LogP contribution in [0.1, 0.15) is 6.92 Å². The van der Waals surface area contributed by atoms with Gasteiger partial charge in [0.05, 0.1) is 16.2 Å². The number of sulfone groups is 1. The summed E-state index contributed by atoms with van der Waals surface area (Å²) in [6.45, 7) is 1.96. The van der Waals surface area contributed by atoms with Crippen molar-refractivity contribution in [1.82, 2.24) is 9.29 Å². The Labute approximate surface area is 127 Å². The van der Waals surface area contributed by atoms with Crippen LogP contribution >= 0.6 is 0 Å². The second-order valence-electron chi connectivity index (χ2n) is 4.77. The number of rotatable bonds is 6. The first-order chi connectivity index (χ1) is 10.1. The van der Waals surface area contributed by atoms with Crippen LogP contribution in [0.25, 0.3) is 11.1 Å². The number of nitrogens with one attached hydrogen (secondary N) is 1. The Morgan fingerprint density at radius 1 is 1.23 bits per heavy atom. The minimum absolute atomic E-state index is 0.0921.